The van der Waals surface area contributed by atoms with Crippen molar-refractivity contribution in [1.29, 1.82) is 0 Å². The summed E-state index contributed by atoms with van der Waals surface area (Å²) in [6.45, 7) is 0.720. The fourth-order valence-corrected chi connectivity index (χ4v) is 2.77. The predicted octanol–water partition coefficient (Wildman–Crippen LogP) is 1.68. The first kappa shape index (κ1) is 15.5. The molecule has 1 aromatic rings. The third-order valence-corrected chi connectivity index (χ3v) is 3.95. The van der Waals surface area contributed by atoms with Crippen molar-refractivity contribution < 1.29 is 14.7 Å². The molecular formula is C16H22N2O3. The molecule has 114 valence electrons. The molecule has 0 saturated heterocycles. The Balaban J connectivity index is 1.81. The first-order chi connectivity index (χ1) is 10.1. The van der Waals surface area contributed by atoms with Crippen molar-refractivity contribution in [1.82, 2.24) is 10.6 Å². The number of aliphatic carboxylic acids is 1. The minimum absolute atomic E-state index is 0.129. The highest BCUT2D eigenvalue weighted by Gasteiger charge is 2.40. The summed E-state index contributed by atoms with van der Waals surface area (Å²) in [4.78, 5) is 23.4. The lowest BCUT2D eigenvalue weighted by atomic mass is 9.81. The second-order valence-electron chi connectivity index (χ2n) is 5.59. The van der Waals surface area contributed by atoms with Gasteiger partial charge in [-0.3, -0.25) is 4.79 Å². The minimum atomic E-state index is -1.07. The lowest BCUT2D eigenvalue weighted by molar-refractivity contribution is -0.149. The highest BCUT2D eigenvalue weighted by Crippen LogP contribution is 2.28. The molecule has 0 spiro atoms. The van der Waals surface area contributed by atoms with Crippen LogP contribution in [0.15, 0.2) is 30.3 Å². The van der Waals surface area contributed by atoms with Gasteiger partial charge in [0.1, 0.15) is 5.54 Å². The van der Waals surface area contributed by atoms with E-state index >= 15 is 0 Å². The van der Waals surface area contributed by atoms with E-state index in [4.69, 9.17) is 0 Å². The lowest BCUT2D eigenvalue weighted by Gasteiger charge is -2.34. The maximum Gasteiger partial charge on any atom is 0.329 e. The molecule has 0 heterocycles. The topological polar surface area (TPSA) is 78.4 Å². The second-order valence-corrected chi connectivity index (χ2v) is 5.59. The van der Waals surface area contributed by atoms with E-state index in [1.165, 1.54) is 0 Å². The number of carbonyl (C=O) groups excluding carboxylic acids is 1. The van der Waals surface area contributed by atoms with Crippen LogP contribution in [-0.2, 0) is 16.1 Å². The molecule has 1 saturated carbocycles. The Morgan fingerprint density at radius 3 is 2.38 bits per heavy atom. The molecule has 0 aliphatic heterocycles. The molecule has 2 rings (SSSR count). The van der Waals surface area contributed by atoms with E-state index in [1.807, 2.05) is 30.3 Å². The van der Waals surface area contributed by atoms with Gasteiger partial charge in [-0.2, -0.15) is 0 Å². The van der Waals surface area contributed by atoms with Crippen molar-refractivity contribution in [3.8, 4) is 0 Å². The van der Waals surface area contributed by atoms with Crippen molar-refractivity contribution in [2.24, 2.45) is 0 Å². The summed E-state index contributed by atoms with van der Waals surface area (Å²) in [5.41, 5.74) is 0.0277. The monoisotopic (exact) mass is 290 g/mol. The molecule has 0 atom stereocenters. The average molecular weight is 290 g/mol. The van der Waals surface area contributed by atoms with Gasteiger partial charge in [0, 0.05) is 6.54 Å². The second kappa shape index (κ2) is 7.22. The highest BCUT2D eigenvalue weighted by atomic mass is 16.4. The van der Waals surface area contributed by atoms with Gasteiger partial charge in [0.2, 0.25) is 5.91 Å². The molecular weight excluding hydrogens is 268 g/mol. The Bertz CT molecular complexity index is 482. The number of amides is 1. The molecule has 1 aliphatic carbocycles. The van der Waals surface area contributed by atoms with Gasteiger partial charge in [-0.05, 0) is 18.4 Å². The Morgan fingerprint density at radius 2 is 1.76 bits per heavy atom. The summed E-state index contributed by atoms with van der Waals surface area (Å²) in [6, 6.07) is 9.78. The molecule has 0 radical (unpaired) electrons. The molecule has 1 aliphatic rings. The van der Waals surface area contributed by atoms with Crippen LogP contribution >= 0.6 is 0 Å². The Labute approximate surface area is 124 Å². The van der Waals surface area contributed by atoms with Crippen LogP contribution in [0.1, 0.15) is 37.7 Å². The smallest absolute Gasteiger partial charge is 0.329 e. The van der Waals surface area contributed by atoms with Crippen LogP contribution in [0.3, 0.4) is 0 Å². The average Bonchev–Trinajstić information content (AvgIpc) is 2.49. The summed E-state index contributed by atoms with van der Waals surface area (Å²) >= 11 is 0. The van der Waals surface area contributed by atoms with E-state index < -0.39 is 11.5 Å². The zero-order chi connectivity index (χ0) is 15.1. The molecule has 1 amide bonds. The van der Waals surface area contributed by atoms with Gasteiger partial charge >= 0.3 is 5.97 Å². The number of carbonyl (C=O) groups is 2. The number of carboxylic acid groups (broad SMARTS) is 1. The third-order valence-electron chi connectivity index (χ3n) is 3.95. The van der Waals surface area contributed by atoms with E-state index in [2.05, 4.69) is 10.6 Å². The molecule has 5 heteroatoms. The number of hydrogen-bond donors (Lipinski definition) is 3. The van der Waals surface area contributed by atoms with Crippen molar-refractivity contribution in [2.45, 2.75) is 44.2 Å². The normalized spacial score (nSPS) is 17.1. The molecule has 1 fully saturated rings. The van der Waals surface area contributed by atoms with E-state index in [1.54, 1.807) is 0 Å². The maximum absolute atomic E-state index is 12.0. The van der Waals surface area contributed by atoms with Gasteiger partial charge in [-0.15, -0.1) is 0 Å². The quantitative estimate of drug-likeness (QED) is 0.745. The van der Waals surface area contributed by atoms with E-state index in [0.717, 1.165) is 24.8 Å². The largest absolute Gasteiger partial charge is 0.480 e. The highest BCUT2D eigenvalue weighted by molar-refractivity contribution is 5.88. The predicted molar refractivity (Wildman–Crippen MR) is 79.7 cm³/mol. The molecule has 0 bridgehead atoms. The molecule has 3 N–H and O–H groups in total. The summed E-state index contributed by atoms with van der Waals surface area (Å²) in [5.74, 6) is -1.17. The van der Waals surface area contributed by atoms with Crippen LogP contribution in [0.5, 0.6) is 0 Å². The summed E-state index contributed by atoms with van der Waals surface area (Å²) in [5, 5.41) is 15.2. The zero-order valence-corrected chi connectivity index (χ0v) is 12.1. The summed E-state index contributed by atoms with van der Waals surface area (Å²) < 4.78 is 0. The number of benzene rings is 1. The van der Waals surface area contributed by atoms with Gasteiger partial charge in [-0.25, -0.2) is 4.79 Å². The van der Waals surface area contributed by atoms with Crippen LogP contribution in [-0.4, -0.2) is 29.1 Å². The third kappa shape index (κ3) is 4.29. The van der Waals surface area contributed by atoms with Gasteiger partial charge in [0.15, 0.2) is 0 Å². The van der Waals surface area contributed by atoms with Crippen LogP contribution < -0.4 is 10.6 Å². The van der Waals surface area contributed by atoms with E-state index in [9.17, 15) is 14.7 Å². The van der Waals surface area contributed by atoms with Crippen LogP contribution in [0.25, 0.3) is 0 Å². The fourth-order valence-electron chi connectivity index (χ4n) is 2.77. The molecule has 0 unspecified atom stereocenters. The SMILES string of the molecule is O=C(CNCc1ccccc1)NC1(C(=O)O)CCCCC1. The van der Waals surface area contributed by atoms with Crippen LogP contribution in [0.4, 0.5) is 0 Å². The van der Waals surface area contributed by atoms with Crippen molar-refractivity contribution in [2.75, 3.05) is 6.54 Å². The van der Waals surface area contributed by atoms with Crippen molar-refractivity contribution in [3.05, 3.63) is 35.9 Å². The van der Waals surface area contributed by atoms with E-state index in [0.29, 0.717) is 19.4 Å². The number of hydrogen-bond acceptors (Lipinski definition) is 3. The van der Waals surface area contributed by atoms with Gasteiger partial charge in [0.25, 0.3) is 0 Å². The van der Waals surface area contributed by atoms with Crippen LogP contribution in [0, 0.1) is 0 Å². The minimum Gasteiger partial charge on any atom is -0.480 e. The Hall–Kier alpha value is -1.88. The van der Waals surface area contributed by atoms with Crippen molar-refractivity contribution in [3.63, 3.8) is 0 Å². The number of nitrogens with one attached hydrogen (secondary N) is 2. The first-order valence-electron chi connectivity index (χ1n) is 7.41. The first-order valence-corrected chi connectivity index (χ1v) is 7.41. The number of rotatable bonds is 6. The Kier molecular flexibility index (Phi) is 5.33. The molecule has 5 nitrogen and oxygen atoms in total. The van der Waals surface area contributed by atoms with E-state index in [-0.39, 0.29) is 12.5 Å². The summed E-state index contributed by atoms with van der Waals surface area (Å²) in [7, 11) is 0. The lowest BCUT2D eigenvalue weighted by Crippen LogP contribution is -2.57. The number of carboxylic acids is 1. The van der Waals surface area contributed by atoms with Gasteiger partial charge in [0.05, 0.1) is 6.54 Å². The van der Waals surface area contributed by atoms with Gasteiger partial charge < -0.3 is 15.7 Å². The molecule has 21 heavy (non-hydrogen) atoms. The van der Waals surface area contributed by atoms with Gasteiger partial charge in [-0.1, -0.05) is 49.6 Å². The van der Waals surface area contributed by atoms with Crippen LogP contribution in [0.2, 0.25) is 0 Å². The van der Waals surface area contributed by atoms with Crippen molar-refractivity contribution >= 4 is 11.9 Å². The fraction of sp³-hybridized carbons (Fsp3) is 0.500. The molecule has 0 aromatic heterocycles. The molecule has 1 aromatic carbocycles. The standard InChI is InChI=1S/C16H22N2O3/c19-14(12-17-11-13-7-3-1-4-8-13)18-16(15(20)21)9-5-2-6-10-16/h1,3-4,7-8,17H,2,5-6,9-12H2,(H,18,19)(H,20,21). The maximum atomic E-state index is 12.0. The Morgan fingerprint density at radius 1 is 1.10 bits per heavy atom. The zero-order valence-electron chi connectivity index (χ0n) is 12.1. The summed E-state index contributed by atoms with van der Waals surface area (Å²) in [6.07, 6.45) is 3.78.